The molecule has 0 spiro atoms. The molecule has 0 N–H and O–H groups in total. The number of carbonyl (C=O) groups is 4. The number of Topliss-reactive ketones (excluding diaryl/α,β-unsaturated/α-hetero) is 2. The number of aryl methyl sites for hydroxylation is 4. The van der Waals surface area contributed by atoms with Crippen LogP contribution in [-0.4, -0.2) is 84.4 Å². The predicted molar refractivity (Wildman–Crippen MR) is 213 cm³/mol. The molecule has 0 aliphatic carbocycles. The fourth-order valence-corrected chi connectivity index (χ4v) is 5.39. The largest absolute Gasteiger partial charge is 1.00 e. The van der Waals surface area contributed by atoms with Gasteiger partial charge in [-0.3, -0.25) is 28.6 Å². The second kappa shape index (κ2) is 24.8. The van der Waals surface area contributed by atoms with Crippen LogP contribution in [0, 0.1) is 38.5 Å². The molecule has 0 heterocycles. The minimum Gasteiger partial charge on any atom is -1.00 e. The Hall–Kier alpha value is -2.40. The van der Waals surface area contributed by atoms with Crippen molar-refractivity contribution in [3.63, 3.8) is 0 Å². The maximum Gasteiger partial charge on any atom is 0.315 e. The van der Waals surface area contributed by atoms with E-state index in [1.54, 1.807) is 0 Å². The summed E-state index contributed by atoms with van der Waals surface area (Å²) in [6.45, 7) is 32.1. The summed E-state index contributed by atoms with van der Waals surface area (Å²) in [5.41, 5.74) is 6.43. The van der Waals surface area contributed by atoms with Gasteiger partial charge in [-0.1, -0.05) is 50.2 Å². The number of ketones is 2. The van der Waals surface area contributed by atoms with Gasteiger partial charge in [0, 0.05) is 12.8 Å². The van der Waals surface area contributed by atoms with Crippen molar-refractivity contribution >= 4 is 39.4 Å². The van der Waals surface area contributed by atoms with Gasteiger partial charge in [0.25, 0.3) is 0 Å². The lowest BCUT2D eigenvalue weighted by Gasteiger charge is -2.36. The van der Waals surface area contributed by atoms with Crippen molar-refractivity contribution in [1.29, 1.82) is 0 Å². The van der Waals surface area contributed by atoms with Gasteiger partial charge in [-0.05, 0) is 145 Å². The molecule has 0 amide bonds. The highest BCUT2D eigenvalue weighted by atomic mass is 79.9. The lowest BCUT2D eigenvalue weighted by Crippen LogP contribution is -3.00. The number of esters is 2. The molecule has 0 bridgehead atoms. The molecule has 0 fully saturated rings. The molecule has 0 saturated carbocycles. The predicted octanol–water partition coefficient (Wildman–Crippen LogP) is 5.51. The number of nitrogens with zero attached hydrogens (tertiary/aromatic N) is 2. The highest BCUT2D eigenvalue weighted by Crippen LogP contribution is 2.19. The van der Waals surface area contributed by atoms with Crippen LogP contribution in [0.1, 0.15) is 103 Å². The molecule has 0 atom stereocenters. The number of quaternary nitrogens is 1. The second-order valence-corrected chi connectivity index (χ2v) is 15.8. The number of halogens is 2. The van der Waals surface area contributed by atoms with Crippen LogP contribution in [0.2, 0.25) is 0 Å². The monoisotopic (exact) mass is 854 g/mol. The average Bonchev–Trinajstić information content (AvgIpc) is 3.05. The third kappa shape index (κ3) is 19.1. The molecule has 296 valence electrons. The summed E-state index contributed by atoms with van der Waals surface area (Å²) in [6, 6.07) is 12.3. The van der Waals surface area contributed by atoms with E-state index >= 15 is 0 Å². The normalized spacial score (nSPS) is 11.3. The lowest BCUT2D eigenvalue weighted by molar-refractivity contribution is -0.933. The number of benzene rings is 2. The summed E-state index contributed by atoms with van der Waals surface area (Å²) >= 11 is 3.00. The van der Waals surface area contributed by atoms with Gasteiger partial charge < -0.3 is 26.5 Å². The van der Waals surface area contributed by atoms with E-state index in [2.05, 4.69) is 65.4 Å². The fraction of sp³-hybridized carbons (Fsp3) is 0.619. The quantitative estimate of drug-likeness (QED) is 0.101. The van der Waals surface area contributed by atoms with Crippen molar-refractivity contribution in [2.24, 2.45) is 10.8 Å². The van der Waals surface area contributed by atoms with Crippen LogP contribution in [0.15, 0.2) is 36.4 Å². The first-order valence-corrected chi connectivity index (χ1v) is 19.3. The van der Waals surface area contributed by atoms with Crippen molar-refractivity contribution in [3.8, 4) is 0 Å². The van der Waals surface area contributed by atoms with Crippen molar-refractivity contribution in [1.82, 2.24) is 4.90 Å². The van der Waals surface area contributed by atoms with E-state index in [0.29, 0.717) is 36.2 Å². The topological polar surface area (TPSA) is 90.0 Å². The Morgan fingerprint density at radius 1 is 0.654 bits per heavy atom. The molecule has 2 aromatic carbocycles. The maximum absolute atomic E-state index is 12.7. The number of ether oxygens (including phenoxy) is 2. The molecule has 8 nitrogen and oxygen atoms in total. The first kappa shape index (κ1) is 51.7. The number of alkyl halides is 1. The molecule has 2 rings (SSSR count). The number of hydrogen-bond acceptors (Lipinski definition) is 7. The van der Waals surface area contributed by atoms with E-state index in [-0.39, 0.29) is 52.4 Å². The lowest BCUT2D eigenvalue weighted by atomic mass is 9.97. The average molecular weight is 857 g/mol. The Morgan fingerprint density at radius 3 is 1.33 bits per heavy atom. The maximum atomic E-state index is 12.7. The molecule has 52 heavy (non-hydrogen) atoms. The summed E-state index contributed by atoms with van der Waals surface area (Å²) < 4.78 is 10.7. The van der Waals surface area contributed by atoms with Gasteiger partial charge in [-0.15, -0.1) is 0 Å². The van der Waals surface area contributed by atoms with Crippen LogP contribution in [0.4, 0.5) is 0 Å². The van der Waals surface area contributed by atoms with E-state index in [9.17, 15) is 19.2 Å². The standard InChI is InChI=1S/C21H34NO3.C15H23NO.C6H11BrO2.BrH/c1-8-22(9-2,15-25-20(24)21(5,6)7)14-18(23)13-19-16(3)11-10-12-17(19)4;1-5-16(6-2)11-14(17)10-15-12(3)8-7-9-13(15)4;1-6(2,3)5(8)9-4-7;/h10-12H,8-9,13-15H2,1-7H3;7-9H,5-6,10-11H2,1-4H3;4H2,1-3H3;1H/q+1;;;/p-1. The third-order valence-electron chi connectivity index (χ3n) is 9.06. The summed E-state index contributed by atoms with van der Waals surface area (Å²) in [7, 11) is 0. The third-order valence-corrected chi connectivity index (χ3v) is 9.29. The van der Waals surface area contributed by atoms with Crippen molar-refractivity contribution < 1.29 is 50.1 Å². The number of carbonyl (C=O) groups excluding carboxylic acids is 4. The van der Waals surface area contributed by atoms with Crippen LogP contribution in [0.5, 0.6) is 0 Å². The molecule has 10 heteroatoms. The van der Waals surface area contributed by atoms with Gasteiger partial charge in [0.1, 0.15) is 12.1 Å². The number of rotatable bonds is 15. The molecule has 0 radical (unpaired) electrons. The Labute approximate surface area is 334 Å². The zero-order chi connectivity index (χ0) is 39.6. The van der Waals surface area contributed by atoms with Gasteiger partial charge in [-0.2, -0.15) is 0 Å². The van der Waals surface area contributed by atoms with E-state index in [4.69, 9.17) is 4.74 Å². The molecule has 0 unspecified atom stereocenters. The highest BCUT2D eigenvalue weighted by Gasteiger charge is 2.32. The van der Waals surface area contributed by atoms with Crippen molar-refractivity contribution in [3.05, 3.63) is 69.8 Å². The van der Waals surface area contributed by atoms with Gasteiger partial charge >= 0.3 is 11.9 Å². The van der Waals surface area contributed by atoms with Crippen molar-refractivity contribution in [2.75, 3.05) is 51.5 Å². The van der Waals surface area contributed by atoms with Crippen molar-refractivity contribution in [2.45, 2.75) is 110 Å². The number of hydrogen-bond donors (Lipinski definition) is 0. The Kier molecular flexibility index (Phi) is 24.7. The van der Waals surface area contributed by atoms with Crippen LogP contribution >= 0.6 is 15.9 Å². The fourth-order valence-electron chi connectivity index (χ4n) is 5.19. The summed E-state index contributed by atoms with van der Waals surface area (Å²) in [5.74, 6) is 0.0949. The second-order valence-electron chi connectivity index (χ2n) is 15.4. The Balaban J connectivity index is 0. The summed E-state index contributed by atoms with van der Waals surface area (Å²) in [4.78, 5) is 49.8. The van der Waals surface area contributed by atoms with Gasteiger partial charge in [0.2, 0.25) is 6.73 Å². The molecule has 0 aliphatic rings. The Bertz CT molecular complexity index is 1360. The van der Waals surface area contributed by atoms with Gasteiger partial charge in [0.15, 0.2) is 11.6 Å². The van der Waals surface area contributed by atoms with Gasteiger partial charge in [-0.25, -0.2) is 0 Å². The zero-order valence-electron chi connectivity index (χ0n) is 34.6. The molecule has 0 aromatic heterocycles. The zero-order valence-corrected chi connectivity index (χ0v) is 37.8. The molecule has 2 aromatic rings. The molecular formula is C42H68Br2N2O6. The highest BCUT2D eigenvalue weighted by molar-refractivity contribution is 9.09. The molecule has 0 aliphatic heterocycles. The minimum atomic E-state index is -0.528. The summed E-state index contributed by atoms with van der Waals surface area (Å²) in [6.07, 6.45) is 1.00. The smallest absolute Gasteiger partial charge is 0.315 e. The first-order valence-electron chi connectivity index (χ1n) is 18.2. The van der Waals surface area contributed by atoms with Crippen LogP contribution in [0.25, 0.3) is 0 Å². The summed E-state index contributed by atoms with van der Waals surface area (Å²) in [5, 5.41) is 0. The van der Waals surface area contributed by atoms with Crippen LogP contribution in [-0.2, 0) is 41.5 Å². The van der Waals surface area contributed by atoms with Gasteiger partial charge in [0.05, 0.1) is 30.5 Å². The van der Waals surface area contributed by atoms with E-state index in [1.807, 2.05) is 93.5 Å². The van der Waals surface area contributed by atoms with E-state index in [1.165, 1.54) is 16.7 Å². The van der Waals surface area contributed by atoms with E-state index in [0.717, 1.165) is 42.9 Å². The minimum absolute atomic E-state index is 0. The SMILES string of the molecule is CC(C)(C)C(=O)OCBr.CCN(CC)CC(=O)Cc1c(C)cccc1C.CC[N+](CC)(COC(=O)C(C)(C)C)CC(=O)Cc1c(C)cccc1C.[Br-]. The van der Waals surface area contributed by atoms with Crippen LogP contribution < -0.4 is 17.0 Å². The van der Waals surface area contributed by atoms with Crippen LogP contribution in [0.3, 0.4) is 0 Å². The first-order chi connectivity index (χ1) is 23.6. The Morgan fingerprint density at radius 2 is 1.02 bits per heavy atom. The van der Waals surface area contributed by atoms with E-state index < -0.39 is 5.41 Å². The molecule has 0 saturated heterocycles. The molecular weight excluding hydrogens is 788 g/mol. The number of likely N-dealkylation sites (N-methyl/N-ethyl adjacent to an activating group) is 2.